The lowest BCUT2D eigenvalue weighted by Gasteiger charge is -2.09. The van der Waals surface area contributed by atoms with E-state index in [1.54, 1.807) is 17.5 Å². The van der Waals surface area contributed by atoms with Crippen LogP contribution in [0.15, 0.2) is 66.9 Å². The van der Waals surface area contributed by atoms with Crippen molar-refractivity contribution < 1.29 is 8.68 Å². The van der Waals surface area contributed by atoms with Gasteiger partial charge in [0.1, 0.15) is 11.9 Å². The van der Waals surface area contributed by atoms with Crippen LogP contribution >= 0.6 is 11.3 Å². The summed E-state index contributed by atoms with van der Waals surface area (Å²) < 4.78 is 27.5. The van der Waals surface area contributed by atoms with E-state index in [0.29, 0.717) is 16.8 Å². The molecule has 2 aromatic carbocycles. The van der Waals surface area contributed by atoms with Gasteiger partial charge in [-0.25, -0.2) is 9.55 Å². The quantitative estimate of drug-likeness (QED) is 0.309. The molecular weight excluding hydrogens is 372 g/mol. The maximum Gasteiger partial charge on any atom is 0.213 e. The van der Waals surface area contributed by atoms with Gasteiger partial charge in [-0.1, -0.05) is 30.3 Å². The van der Waals surface area contributed by atoms with E-state index >= 15 is 0 Å². The van der Waals surface area contributed by atoms with E-state index in [1.165, 1.54) is 15.6 Å². The van der Waals surface area contributed by atoms with Gasteiger partial charge in [-0.05, 0) is 56.1 Å². The van der Waals surface area contributed by atoms with Crippen molar-refractivity contribution in [3.8, 4) is 22.5 Å². The lowest BCUT2D eigenvalue weighted by molar-refractivity contribution is -0.660. The van der Waals surface area contributed by atoms with E-state index < -0.39 is 6.85 Å². The summed E-state index contributed by atoms with van der Waals surface area (Å²) in [7, 11) is 1.89. The summed E-state index contributed by atoms with van der Waals surface area (Å²) in [6.07, 6.45) is 1.73. The molecular formula is C26H23N2S+. The Morgan fingerprint density at radius 1 is 0.897 bits per heavy atom. The van der Waals surface area contributed by atoms with Crippen LogP contribution in [0.3, 0.4) is 0 Å². The average molecular weight is 399 g/mol. The minimum atomic E-state index is -2.24. The Bertz CT molecular complexity index is 1500. The van der Waals surface area contributed by atoms with Crippen LogP contribution in [0.1, 0.15) is 20.8 Å². The van der Waals surface area contributed by atoms with Gasteiger partial charge < -0.3 is 0 Å². The first-order chi connectivity index (χ1) is 15.2. The third-order valence-corrected chi connectivity index (χ3v) is 6.53. The van der Waals surface area contributed by atoms with Crippen LogP contribution in [0.5, 0.6) is 0 Å². The second-order valence-electron chi connectivity index (χ2n) is 7.56. The number of thiophene rings is 1. The van der Waals surface area contributed by atoms with E-state index in [4.69, 9.17) is 9.10 Å². The molecule has 0 aliphatic heterocycles. The van der Waals surface area contributed by atoms with Crippen molar-refractivity contribution in [2.75, 3.05) is 0 Å². The van der Waals surface area contributed by atoms with E-state index in [9.17, 15) is 0 Å². The van der Waals surface area contributed by atoms with Gasteiger partial charge in [-0.15, -0.1) is 11.3 Å². The van der Waals surface area contributed by atoms with Crippen LogP contribution in [0, 0.1) is 20.7 Å². The van der Waals surface area contributed by atoms with Gasteiger partial charge in [0.05, 0.1) is 5.69 Å². The predicted octanol–water partition coefficient (Wildman–Crippen LogP) is 6.53. The monoisotopic (exact) mass is 398 g/mol. The first-order valence-electron chi connectivity index (χ1n) is 11.1. The Morgan fingerprint density at radius 3 is 2.55 bits per heavy atom. The van der Waals surface area contributed by atoms with Crippen LogP contribution in [-0.2, 0) is 7.05 Å². The Balaban J connectivity index is 1.77. The number of hydrogen-bond acceptors (Lipinski definition) is 2. The predicted molar refractivity (Wildman–Crippen MR) is 123 cm³/mol. The van der Waals surface area contributed by atoms with Crippen molar-refractivity contribution in [2.24, 2.45) is 7.05 Å². The second kappa shape index (κ2) is 6.78. The number of hydrogen-bond donors (Lipinski definition) is 0. The fraction of sp³-hybridized carbons (Fsp3) is 0.154. The zero-order valence-corrected chi connectivity index (χ0v) is 17.5. The van der Waals surface area contributed by atoms with E-state index in [-0.39, 0.29) is 0 Å². The molecule has 0 fully saturated rings. The molecule has 0 aliphatic carbocycles. The van der Waals surface area contributed by atoms with Gasteiger partial charge in [-0.3, -0.25) is 0 Å². The average Bonchev–Trinajstić information content (AvgIpc) is 3.10. The molecule has 0 unspecified atom stereocenters. The Hall–Kier alpha value is -3.04. The largest absolute Gasteiger partial charge is 0.237 e. The molecule has 3 heteroatoms. The van der Waals surface area contributed by atoms with Gasteiger partial charge in [0.15, 0.2) is 6.20 Å². The normalized spacial score (nSPS) is 13.4. The maximum absolute atomic E-state index is 8.15. The highest BCUT2D eigenvalue weighted by Crippen LogP contribution is 2.35. The summed E-state index contributed by atoms with van der Waals surface area (Å²) >= 11 is 1.65. The van der Waals surface area contributed by atoms with Crippen LogP contribution in [0.2, 0.25) is 0 Å². The van der Waals surface area contributed by atoms with Crippen LogP contribution in [-0.4, -0.2) is 4.98 Å². The summed E-state index contributed by atoms with van der Waals surface area (Å²) in [5.41, 5.74) is 6.03. The van der Waals surface area contributed by atoms with Crippen LogP contribution in [0.4, 0.5) is 0 Å². The first kappa shape index (κ1) is 14.9. The highest BCUT2D eigenvalue weighted by Gasteiger charge is 2.18. The fourth-order valence-corrected chi connectivity index (χ4v) is 5.08. The highest BCUT2D eigenvalue weighted by atomic mass is 32.1. The summed E-state index contributed by atoms with van der Waals surface area (Å²) in [5, 5.41) is 2.29. The molecule has 0 radical (unpaired) electrons. The third-order valence-electron chi connectivity index (χ3n) is 5.47. The van der Waals surface area contributed by atoms with E-state index in [1.807, 2.05) is 35.9 Å². The molecule has 29 heavy (non-hydrogen) atoms. The zero-order chi connectivity index (χ0) is 22.6. The number of aromatic nitrogens is 2. The number of benzene rings is 2. The molecule has 0 amide bonds. The third kappa shape index (κ3) is 3.02. The summed E-state index contributed by atoms with van der Waals surface area (Å²) in [4.78, 5) is 5.85. The van der Waals surface area contributed by atoms with E-state index in [0.717, 1.165) is 27.0 Å². The summed E-state index contributed by atoms with van der Waals surface area (Å²) in [6, 6.07) is 20.5. The number of rotatable bonds is 2. The molecule has 5 rings (SSSR count). The summed E-state index contributed by atoms with van der Waals surface area (Å²) in [5.74, 6) is 0. The fourth-order valence-electron chi connectivity index (χ4n) is 3.90. The standard InChI is InChI=1S/C26H23N2S/c1-16-9-10-20-21-11-12-23(27-26(21)29-25(20)13-16)22-14-24(28(4)15-18(22)3)19-8-6-5-7-17(19)2/h5-15H,1-4H3/q+1/i3D3. The van der Waals surface area contributed by atoms with Crippen LogP contribution in [0.25, 0.3) is 42.8 Å². The summed E-state index contributed by atoms with van der Waals surface area (Å²) in [6.45, 7) is 1.91. The molecule has 3 heterocycles. The smallest absolute Gasteiger partial charge is 0.213 e. The molecule has 2 nitrogen and oxygen atoms in total. The van der Waals surface area contributed by atoms with Gasteiger partial charge >= 0.3 is 0 Å². The molecule has 0 aliphatic rings. The zero-order valence-electron chi connectivity index (χ0n) is 19.7. The van der Waals surface area contributed by atoms with Crippen molar-refractivity contribution in [3.63, 3.8) is 0 Å². The molecule has 0 saturated carbocycles. The van der Waals surface area contributed by atoms with Gasteiger partial charge in [-0.2, -0.15) is 0 Å². The Labute approximate surface area is 179 Å². The van der Waals surface area contributed by atoms with Crippen molar-refractivity contribution in [3.05, 3.63) is 83.6 Å². The van der Waals surface area contributed by atoms with Crippen molar-refractivity contribution in [2.45, 2.75) is 20.7 Å². The Morgan fingerprint density at radius 2 is 1.72 bits per heavy atom. The Kier molecular flexibility index (Phi) is 3.48. The molecule has 142 valence electrons. The molecule has 3 aromatic heterocycles. The minimum absolute atomic E-state index is 0.307. The maximum atomic E-state index is 8.15. The number of pyridine rings is 2. The minimum Gasteiger partial charge on any atom is -0.237 e. The highest BCUT2D eigenvalue weighted by molar-refractivity contribution is 7.25. The SMILES string of the molecule is [2H]C([2H])([2H])c1c[n+](C)c(-c2ccccc2C)cc1-c1ccc2c(n1)sc1cc(C)ccc12. The van der Waals surface area contributed by atoms with Crippen molar-refractivity contribution in [1.29, 1.82) is 0 Å². The second-order valence-corrected chi connectivity index (χ2v) is 8.59. The lowest BCUT2D eigenvalue weighted by Crippen LogP contribution is -2.31. The molecule has 0 atom stereocenters. The van der Waals surface area contributed by atoms with Gasteiger partial charge in [0.25, 0.3) is 0 Å². The lowest BCUT2D eigenvalue weighted by atomic mass is 9.99. The molecule has 0 bridgehead atoms. The first-order valence-corrected chi connectivity index (χ1v) is 10.4. The van der Waals surface area contributed by atoms with Gasteiger partial charge in [0, 0.05) is 42.3 Å². The van der Waals surface area contributed by atoms with Crippen molar-refractivity contribution in [1.82, 2.24) is 4.98 Å². The number of fused-ring (bicyclic) bond motifs is 3. The number of aryl methyl sites for hydroxylation is 4. The molecule has 0 N–H and O–H groups in total. The number of nitrogens with zero attached hydrogens (tertiary/aromatic N) is 2. The van der Waals surface area contributed by atoms with Crippen LogP contribution < -0.4 is 4.57 Å². The van der Waals surface area contributed by atoms with Gasteiger partial charge in [0.2, 0.25) is 5.69 Å². The molecule has 5 aromatic rings. The van der Waals surface area contributed by atoms with Crippen molar-refractivity contribution >= 4 is 31.6 Å². The topological polar surface area (TPSA) is 16.8 Å². The molecule has 0 saturated heterocycles. The molecule has 0 spiro atoms. The van der Waals surface area contributed by atoms with E-state index in [2.05, 4.69) is 50.2 Å².